The molecule has 148 valence electrons. The number of H-pyrrole nitrogens is 1. The van der Waals surface area contributed by atoms with Crippen molar-refractivity contribution in [2.45, 2.75) is 36.2 Å². The Morgan fingerprint density at radius 3 is 2.86 bits per heavy atom. The molecule has 1 unspecified atom stereocenters. The topological polar surface area (TPSA) is 96.8 Å². The molecule has 0 spiro atoms. The second kappa shape index (κ2) is 6.84. The van der Waals surface area contributed by atoms with Gasteiger partial charge >= 0.3 is 5.69 Å². The second-order valence-corrected chi connectivity index (χ2v) is 8.44. The summed E-state index contributed by atoms with van der Waals surface area (Å²) in [4.78, 5) is 44.7. The third-order valence-corrected chi connectivity index (χ3v) is 6.39. The first-order valence-electron chi connectivity index (χ1n) is 9.39. The van der Waals surface area contributed by atoms with Crippen LogP contribution in [0.2, 0.25) is 0 Å². The predicted octanol–water partition coefficient (Wildman–Crippen LogP) is 2.53. The molecule has 1 aromatic carbocycles. The van der Waals surface area contributed by atoms with Crippen molar-refractivity contribution < 1.29 is 9.18 Å². The van der Waals surface area contributed by atoms with Crippen LogP contribution in [0.4, 0.5) is 4.39 Å². The SMILES string of the molecule is O=C(NC1CCSc2ccc(F)cc21)c1cnc2c(c1)c(=O)[nH]c(=O)n2C1CC1. The average molecular weight is 412 g/mol. The first-order chi connectivity index (χ1) is 14.0. The maximum atomic E-state index is 13.7. The molecule has 3 heterocycles. The van der Waals surface area contributed by atoms with Gasteiger partial charge in [-0.05, 0) is 49.1 Å². The van der Waals surface area contributed by atoms with Gasteiger partial charge in [0.2, 0.25) is 0 Å². The summed E-state index contributed by atoms with van der Waals surface area (Å²) in [6, 6.07) is 5.77. The van der Waals surface area contributed by atoms with Gasteiger partial charge in [0.25, 0.3) is 11.5 Å². The summed E-state index contributed by atoms with van der Waals surface area (Å²) in [6.45, 7) is 0. The molecule has 1 aliphatic heterocycles. The van der Waals surface area contributed by atoms with Gasteiger partial charge in [0, 0.05) is 22.9 Å². The van der Waals surface area contributed by atoms with Crippen LogP contribution in [0.15, 0.2) is 44.9 Å². The summed E-state index contributed by atoms with van der Waals surface area (Å²) in [5.74, 6) is 0.0740. The van der Waals surface area contributed by atoms with Gasteiger partial charge in [0.15, 0.2) is 0 Å². The summed E-state index contributed by atoms with van der Waals surface area (Å²) >= 11 is 1.63. The number of hydrogen-bond donors (Lipinski definition) is 2. The number of carbonyl (C=O) groups is 1. The zero-order chi connectivity index (χ0) is 20.1. The molecule has 1 atom stereocenters. The smallest absolute Gasteiger partial charge is 0.330 e. The fraction of sp³-hybridized carbons (Fsp3) is 0.300. The molecule has 1 amide bonds. The number of benzene rings is 1. The molecule has 2 N–H and O–H groups in total. The molecule has 0 saturated heterocycles. The van der Waals surface area contributed by atoms with Crippen molar-refractivity contribution in [3.8, 4) is 0 Å². The summed E-state index contributed by atoms with van der Waals surface area (Å²) in [5.41, 5.74) is 0.224. The number of aromatic nitrogens is 3. The van der Waals surface area contributed by atoms with Crippen LogP contribution in [-0.2, 0) is 0 Å². The van der Waals surface area contributed by atoms with E-state index in [0.717, 1.165) is 29.1 Å². The van der Waals surface area contributed by atoms with Crippen molar-refractivity contribution in [3.05, 3.63) is 68.2 Å². The number of halogens is 1. The Kier molecular flexibility index (Phi) is 4.27. The van der Waals surface area contributed by atoms with Gasteiger partial charge in [-0.25, -0.2) is 14.2 Å². The number of nitrogens with zero attached hydrogens (tertiary/aromatic N) is 2. The zero-order valence-corrected chi connectivity index (χ0v) is 16.1. The highest BCUT2D eigenvalue weighted by molar-refractivity contribution is 7.99. The highest BCUT2D eigenvalue weighted by Gasteiger charge is 2.28. The fourth-order valence-electron chi connectivity index (χ4n) is 3.69. The minimum Gasteiger partial charge on any atom is -0.345 e. The molecule has 5 rings (SSSR count). The third kappa shape index (κ3) is 3.25. The monoisotopic (exact) mass is 412 g/mol. The van der Waals surface area contributed by atoms with E-state index in [1.807, 2.05) is 0 Å². The van der Waals surface area contributed by atoms with Crippen LogP contribution in [-0.4, -0.2) is 26.2 Å². The van der Waals surface area contributed by atoms with Crippen molar-refractivity contribution in [2.75, 3.05) is 5.75 Å². The highest BCUT2D eigenvalue weighted by Crippen LogP contribution is 2.37. The number of fused-ring (bicyclic) bond motifs is 2. The van der Waals surface area contributed by atoms with Crippen molar-refractivity contribution in [1.82, 2.24) is 19.9 Å². The first kappa shape index (κ1) is 18.1. The van der Waals surface area contributed by atoms with Crippen molar-refractivity contribution in [1.29, 1.82) is 0 Å². The van der Waals surface area contributed by atoms with E-state index in [0.29, 0.717) is 12.1 Å². The number of aromatic amines is 1. The lowest BCUT2D eigenvalue weighted by Gasteiger charge is -2.26. The zero-order valence-electron chi connectivity index (χ0n) is 15.3. The summed E-state index contributed by atoms with van der Waals surface area (Å²) in [5, 5.41) is 3.13. The Balaban J connectivity index is 1.49. The first-order valence-corrected chi connectivity index (χ1v) is 10.4. The van der Waals surface area contributed by atoms with Crippen LogP contribution in [0, 0.1) is 5.82 Å². The molecule has 7 nitrogen and oxygen atoms in total. The number of nitrogens with one attached hydrogen (secondary N) is 2. The van der Waals surface area contributed by atoms with Crippen LogP contribution >= 0.6 is 11.8 Å². The standard InChI is InChI=1S/C20H17FN4O3S/c21-11-1-4-16-13(8-11)15(5-6-29-16)23-18(26)10-7-14-17(22-9-10)25(12-2-3-12)20(28)24-19(14)27/h1,4,7-9,12,15H,2-3,5-6H2,(H,23,26)(H,24,27,28). The Labute approximate surface area is 168 Å². The number of hydrogen-bond acceptors (Lipinski definition) is 5. The lowest BCUT2D eigenvalue weighted by atomic mass is 10.0. The van der Waals surface area contributed by atoms with E-state index in [1.54, 1.807) is 17.8 Å². The summed E-state index contributed by atoms with van der Waals surface area (Å²) in [7, 11) is 0. The maximum Gasteiger partial charge on any atom is 0.330 e. The van der Waals surface area contributed by atoms with E-state index in [9.17, 15) is 18.8 Å². The van der Waals surface area contributed by atoms with Crippen LogP contribution in [0.3, 0.4) is 0 Å². The van der Waals surface area contributed by atoms with E-state index in [2.05, 4.69) is 15.3 Å². The quantitative estimate of drug-likeness (QED) is 0.689. The van der Waals surface area contributed by atoms with Crippen LogP contribution in [0.25, 0.3) is 11.0 Å². The molecule has 2 aromatic heterocycles. The van der Waals surface area contributed by atoms with E-state index in [-0.39, 0.29) is 28.9 Å². The van der Waals surface area contributed by atoms with Gasteiger partial charge in [-0.3, -0.25) is 19.1 Å². The van der Waals surface area contributed by atoms with Gasteiger partial charge < -0.3 is 5.32 Å². The summed E-state index contributed by atoms with van der Waals surface area (Å²) < 4.78 is 15.2. The van der Waals surface area contributed by atoms with E-state index < -0.39 is 17.2 Å². The van der Waals surface area contributed by atoms with Crippen LogP contribution in [0.5, 0.6) is 0 Å². The Morgan fingerprint density at radius 1 is 1.24 bits per heavy atom. The molecule has 0 radical (unpaired) electrons. The van der Waals surface area contributed by atoms with Crippen LogP contribution < -0.4 is 16.6 Å². The van der Waals surface area contributed by atoms with Gasteiger partial charge in [-0.15, -0.1) is 11.8 Å². The largest absolute Gasteiger partial charge is 0.345 e. The summed E-state index contributed by atoms with van der Waals surface area (Å²) in [6.07, 6.45) is 3.77. The Hall–Kier alpha value is -2.94. The van der Waals surface area contributed by atoms with E-state index >= 15 is 0 Å². The molecular weight excluding hydrogens is 395 g/mol. The number of amides is 1. The number of carbonyl (C=O) groups excluding carboxylic acids is 1. The molecule has 9 heteroatoms. The number of thioether (sulfide) groups is 1. The van der Waals surface area contributed by atoms with Gasteiger partial charge in [-0.2, -0.15) is 0 Å². The van der Waals surface area contributed by atoms with Gasteiger partial charge in [0.1, 0.15) is 11.5 Å². The Bertz CT molecular complexity index is 1260. The van der Waals surface area contributed by atoms with Crippen LogP contribution in [0.1, 0.15) is 47.3 Å². The lowest BCUT2D eigenvalue weighted by molar-refractivity contribution is 0.0934. The second-order valence-electron chi connectivity index (χ2n) is 7.30. The van der Waals surface area contributed by atoms with Crippen molar-refractivity contribution in [3.63, 3.8) is 0 Å². The van der Waals surface area contributed by atoms with Gasteiger partial charge in [0.05, 0.1) is 17.0 Å². The molecular formula is C20H17FN4O3S. The molecule has 1 saturated carbocycles. The molecule has 2 aliphatic rings. The lowest BCUT2D eigenvalue weighted by Crippen LogP contribution is -2.32. The molecule has 3 aromatic rings. The molecule has 29 heavy (non-hydrogen) atoms. The third-order valence-electron chi connectivity index (χ3n) is 5.27. The Morgan fingerprint density at radius 2 is 2.07 bits per heavy atom. The normalized spacial score (nSPS) is 18.4. The maximum absolute atomic E-state index is 13.7. The highest BCUT2D eigenvalue weighted by atomic mass is 32.2. The fourth-order valence-corrected chi connectivity index (χ4v) is 4.80. The minimum absolute atomic E-state index is 0.0418. The van der Waals surface area contributed by atoms with Gasteiger partial charge in [-0.1, -0.05) is 0 Å². The molecule has 0 bridgehead atoms. The molecule has 1 aliphatic carbocycles. The molecule has 1 fully saturated rings. The number of rotatable bonds is 3. The predicted molar refractivity (Wildman–Crippen MR) is 107 cm³/mol. The minimum atomic E-state index is -0.564. The van der Waals surface area contributed by atoms with E-state index in [1.165, 1.54) is 29.0 Å². The number of pyridine rings is 1. The van der Waals surface area contributed by atoms with E-state index in [4.69, 9.17) is 0 Å². The average Bonchev–Trinajstić information content (AvgIpc) is 3.53. The van der Waals surface area contributed by atoms with Crippen molar-refractivity contribution >= 4 is 28.7 Å². The van der Waals surface area contributed by atoms with Crippen molar-refractivity contribution in [2.24, 2.45) is 0 Å².